The number of carbonyl (C=O) groups is 1. The molecule has 1 amide bonds. The molecule has 0 heterocycles. The molecule has 0 saturated heterocycles. The van der Waals surface area contributed by atoms with Crippen LogP contribution in [0, 0.1) is 13.8 Å². The van der Waals surface area contributed by atoms with Crippen molar-refractivity contribution < 1.29 is 9.90 Å². The lowest BCUT2D eigenvalue weighted by Gasteiger charge is -2.20. The zero-order chi connectivity index (χ0) is 13.7. The molecular weight excluding hydrogens is 228 g/mol. The number of amides is 1. The van der Waals surface area contributed by atoms with Gasteiger partial charge in [-0.25, -0.2) is 0 Å². The highest BCUT2D eigenvalue weighted by Gasteiger charge is 2.17. The van der Waals surface area contributed by atoms with Gasteiger partial charge in [-0.3, -0.25) is 4.79 Å². The molecule has 18 heavy (non-hydrogen) atoms. The molecule has 3 N–H and O–H groups in total. The maximum absolute atomic E-state index is 11.6. The Hall–Kier alpha value is -1.39. The highest BCUT2D eigenvalue weighted by Crippen LogP contribution is 2.11. The standard InChI is InChI=1S/C14H22N2O2/c1-10-4-5-12(11(2)8-10)6-7-16(3)14(18)13(17)9-15/h4-5,8,13,17H,6-7,9,15H2,1-3H3. The smallest absolute Gasteiger partial charge is 0.252 e. The van der Waals surface area contributed by atoms with Crippen molar-refractivity contribution in [3.05, 3.63) is 34.9 Å². The third-order valence-corrected chi connectivity index (χ3v) is 3.10. The quantitative estimate of drug-likeness (QED) is 0.805. The lowest BCUT2D eigenvalue weighted by Crippen LogP contribution is -2.41. The Morgan fingerprint density at radius 2 is 2.11 bits per heavy atom. The third-order valence-electron chi connectivity index (χ3n) is 3.10. The number of hydrogen-bond donors (Lipinski definition) is 2. The van der Waals surface area contributed by atoms with E-state index < -0.39 is 6.10 Å². The molecule has 1 aromatic rings. The van der Waals surface area contributed by atoms with Crippen LogP contribution < -0.4 is 5.73 Å². The minimum Gasteiger partial charge on any atom is -0.382 e. The molecule has 0 radical (unpaired) electrons. The number of carbonyl (C=O) groups excluding carboxylic acids is 1. The Balaban J connectivity index is 2.57. The van der Waals surface area contributed by atoms with Crippen molar-refractivity contribution in [2.24, 2.45) is 5.73 Å². The van der Waals surface area contributed by atoms with Gasteiger partial charge in [0, 0.05) is 20.1 Å². The van der Waals surface area contributed by atoms with Crippen LogP contribution in [0.2, 0.25) is 0 Å². The number of nitrogens with zero attached hydrogens (tertiary/aromatic N) is 1. The van der Waals surface area contributed by atoms with E-state index in [1.165, 1.54) is 21.6 Å². The molecular formula is C14H22N2O2. The summed E-state index contributed by atoms with van der Waals surface area (Å²) in [7, 11) is 1.69. The maximum Gasteiger partial charge on any atom is 0.252 e. The van der Waals surface area contributed by atoms with Gasteiger partial charge < -0.3 is 15.7 Å². The molecule has 0 aromatic heterocycles. The summed E-state index contributed by atoms with van der Waals surface area (Å²) < 4.78 is 0. The van der Waals surface area contributed by atoms with Crippen molar-refractivity contribution >= 4 is 5.91 Å². The van der Waals surface area contributed by atoms with Crippen LogP contribution in [-0.2, 0) is 11.2 Å². The normalized spacial score (nSPS) is 12.3. The summed E-state index contributed by atoms with van der Waals surface area (Å²) in [6.45, 7) is 4.68. The van der Waals surface area contributed by atoms with Gasteiger partial charge >= 0.3 is 0 Å². The van der Waals surface area contributed by atoms with Gasteiger partial charge in [-0.15, -0.1) is 0 Å². The number of nitrogens with two attached hydrogens (primary N) is 1. The zero-order valence-corrected chi connectivity index (χ0v) is 11.3. The monoisotopic (exact) mass is 250 g/mol. The largest absolute Gasteiger partial charge is 0.382 e. The van der Waals surface area contributed by atoms with Crippen LogP contribution in [0.1, 0.15) is 16.7 Å². The van der Waals surface area contributed by atoms with Gasteiger partial charge in [-0.2, -0.15) is 0 Å². The maximum atomic E-state index is 11.6. The minimum atomic E-state index is -1.09. The van der Waals surface area contributed by atoms with Gasteiger partial charge in [0.15, 0.2) is 0 Å². The number of aliphatic hydroxyl groups excluding tert-OH is 1. The fourth-order valence-electron chi connectivity index (χ4n) is 1.88. The summed E-state index contributed by atoms with van der Waals surface area (Å²) in [4.78, 5) is 13.2. The summed E-state index contributed by atoms with van der Waals surface area (Å²) in [5, 5.41) is 9.37. The molecule has 100 valence electrons. The Labute approximate surface area is 108 Å². The van der Waals surface area contributed by atoms with Crippen LogP contribution in [0.15, 0.2) is 18.2 Å². The van der Waals surface area contributed by atoms with E-state index in [1.807, 2.05) is 0 Å². The van der Waals surface area contributed by atoms with Gasteiger partial charge in [0.25, 0.3) is 5.91 Å². The van der Waals surface area contributed by atoms with Gasteiger partial charge in [0.1, 0.15) is 6.10 Å². The van der Waals surface area contributed by atoms with E-state index in [2.05, 4.69) is 32.0 Å². The van der Waals surface area contributed by atoms with Crippen molar-refractivity contribution in [2.75, 3.05) is 20.1 Å². The highest BCUT2D eigenvalue weighted by molar-refractivity contribution is 5.80. The second-order valence-electron chi connectivity index (χ2n) is 4.69. The van der Waals surface area contributed by atoms with E-state index >= 15 is 0 Å². The average Bonchev–Trinajstić information content (AvgIpc) is 2.35. The Morgan fingerprint density at radius 3 is 2.67 bits per heavy atom. The fraction of sp³-hybridized carbons (Fsp3) is 0.500. The predicted molar refractivity (Wildman–Crippen MR) is 72.3 cm³/mol. The average molecular weight is 250 g/mol. The summed E-state index contributed by atoms with van der Waals surface area (Å²) in [5.74, 6) is -0.317. The number of aryl methyl sites for hydroxylation is 2. The summed E-state index contributed by atoms with van der Waals surface area (Å²) in [5.41, 5.74) is 8.95. The van der Waals surface area contributed by atoms with Crippen LogP contribution in [0.3, 0.4) is 0 Å². The summed E-state index contributed by atoms with van der Waals surface area (Å²) >= 11 is 0. The third kappa shape index (κ3) is 3.82. The molecule has 4 nitrogen and oxygen atoms in total. The number of benzene rings is 1. The highest BCUT2D eigenvalue weighted by atomic mass is 16.3. The zero-order valence-electron chi connectivity index (χ0n) is 11.3. The molecule has 0 spiro atoms. The molecule has 4 heteroatoms. The second kappa shape index (κ2) is 6.52. The lowest BCUT2D eigenvalue weighted by molar-refractivity contribution is -0.138. The first-order valence-corrected chi connectivity index (χ1v) is 6.15. The van der Waals surface area contributed by atoms with Crippen LogP contribution in [0.25, 0.3) is 0 Å². The molecule has 0 aliphatic heterocycles. The van der Waals surface area contributed by atoms with Crippen LogP contribution >= 0.6 is 0 Å². The second-order valence-corrected chi connectivity index (χ2v) is 4.69. The van der Waals surface area contributed by atoms with E-state index in [1.54, 1.807) is 7.05 Å². The van der Waals surface area contributed by atoms with Crippen molar-refractivity contribution in [1.82, 2.24) is 4.90 Å². The predicted octanol–water partition coefficient (Wildman–Crippen LogP) is 0.624. The van der Waals surface area contributed by atoms with Crippen molar-refractivity contribution in [3.63, 3.8) is 0 Å². The van der Waals surface area contributed by atoms with E-state index in [-0.39, 0.29) is 12.5 Å². The molecule has 0 bridgehead atoms. The molecule has 1 unspecified atom stereocenters. The van der Waals surface area contributed by atoms with E-state index in [9.17, 15) is 9.90 Å². The number of aliphatic hydroxyl groups is 1. The van der Waals surface area contributed by atoms with E-state index in [0.717, 1.165) is 6.42 Å². The minimum absolute atomic E-state index is 0.0350. The Bertz CT molecular complexity index is 418. The van der Waals surface area contributed by atoms with Gasteiger partial charge in [0.2, 0.25) is 0 Å². The van der Waals surface area contributed by atoms with Gasteiger partial charge in [-0.05, 0) is 31.4 Å². The van der Waals surface area contributed by atoms with E-state index in [0.29, 0.717) is 6.54 Å². The van der Waals surface area contributed by atoms with Crippen molar-refractivity contribution in [2.45, 2.75) is 26.4 Å². The van der Waals surface area contributed by atoms with Gasteiger partial charge in [-0.1, -0.05) is 23.8 Å². The molecule has 1 rings (SSSR count). The first kappa shape index (κ1) is 14.7. The fourth-order valence-corrected chi connectivity index (χ4v) is 1.88. The van der Waals surface area contributed by atoms with Crippen LogP contribution in [0.4, 0.5) is 0 Å². The van der Waals surface area contributed by atoms with Crippen molar-refractivity contribution in [1.29, 1.82) is 0 Å². The Morgan fingerprint density at radius 1 is 1.44 bits per heavy atom. The molecule has 1 aromatic carbocycles. The molecule has 0 aliphatic rings. The molecule has 0 fully saturated rings. The van der Waals surface area contributed by atoms with Gasteiger partial charge in [0.05, 0.1) is 0 Å². The number of rotatable bonds is 5. The van der Waals surface area contributed by atoms with Crippen molar-refractivity contribution in [3.8, 4) is 0 Å². The number of likely N-dealkylation sites (N-methyl/N-ethyl adjacent to an activating group) is 1. The Kier molecular flexibility index (Phi) is 5.31. The first-order chi connectivity index (χ1) is 8.45. The first-order valence-electron chi connectivity index (χ1n) is 6.15. The molecule has 1 atom stereocenters. The topological polar surface area (TPSA) is 66.6 Å². The SMILES string of the molecule is Cc1ccc(CCN(C)C(=O)C(O)CN)c(C)c1. The van der Waals surface area contributed by atoms with Crippen LogP contribution in [-0.4, -0.2) is 42.2 Å². The lowest BCUT2D eigenvalue weighted by atomic mass is 10.0. The number of hydrogen-bond acceptors (Lipinski definition) is 3. The summed E-state index contributed by atoms with van der Waals surface area (Å²) in [6.07, 6.45) is -0.305. The molecule has 0 saturated carbocycles. The summed E-state index contributed by atoms with van der Waals surface area (Å²) in [6, 6.07) is 6.28. The van der Waals surface area contributed by atoms with E-state index in [4.69, 9.17) is 5.73 Å². The van der Waals surface area contributed by atoms with Crippen LogP contribution in [0.5, 0.6) is 0 Å². The molecule has 0 aliphatic carbocycles.